The number of rotatable bonds is 6. The van der Waals surface area contributed by atoms with Crippen LogP contribution in [-0.2, 0) is 5.41 Å². The van der Waals surface area contributed by atoms with Gasteiger partial charge in [0.25, 0.3) is 0 Å². The largest absolute Gasteiger partial charge is 0.496 e. The molecule has 1 fully saturated rings. The van der Waals surface area contributed by atoms with Crippen molar-refractivity contribution in [2.24, 2.45) is 0 Å². The number of carbonyl (C=O) groups is 1. The monoisotopic (exact) mass is 306 g/mol. The quantitative estimate of drug-likeness (QED) is 0.840. The van der Waals surface area contributed by atoms with Crippen LogP contribution in [0.25, 0.3) is 0 Å². The number of ether oxygens (including phenoxy) is 1. The van der Waals surface area contributed by atoms with E-state index in [-0.39, 0.29) is 11.0 Å². The van der Waals surface area contributed by atoms with E-state index < -0.39 is 12.1 Å². The molecule has 0 amide bonds. The molecule has 1 aliphatic rings. The molecule has 22 heavy (non-hydrogen) atoms. The minimum atomic E-state index is -0.961. The second-order valence-corrected chi connectivity index (χ2v) is 6.24. The SMILES string of the molecule is CCCC(O)C1(c2ccc(C(=O)O)cc2OC)CCCCC1. The van der Waals surface area contributed by atoms with E-state index in [1.54, 1.807) is 19.2 Å². The Kier molecular flexibility index (Phi) is 5.46. The third-order valence-electron chi connectivity index (χ3n) is 4.93. The van der Waals surface area contributed by atoms with Gasteiger partial charge in [0.1, 0.15) is 5.75 Å². The van der Waals surface area contributed by atoms with Crippen LogP contribution >= 0.6 is 0 Å². The van der Waals surface area contributed by atoms with Crippen LogP contribution in [0.3, 0.4) is 0 Å². The Morgan fingerprint density at radius 1 is 1.32 bits per heavy atom. The highest BCUT2D eigenvalue weighted by Gasteiger charge is 2.42. The number of aliphatic hydroxyl groups is 1. The van der Waals surface area contributed by atoms with Crippen molar-refractivity contribution in [3.63, 3.8) is 0 Å². The molecule has 0 saturated heterocycles. The van der Waals surface area contributed by atoms with Crippen LogP contribution in [-0.4, -0.2) is 29.4 Å². The summed E-state index contributed by atoms with van der Waals surface area (Å²) in [5.74, 6) is -0.381. The van der Waals surface area contributed by atoms with Crippen molar-refractivity contribution in [2.45, 2.75) is 63.4 Å². The van der Waals surface area contributed by atoms with E-state index in [1.807, 2.05) is 6.07 Å². The fraction of sp³-hybridized carbons (Fsp3) is 0.611. The summed E-state index contributed by atoms with van der Waals surface area (Å²) in [6.07, 6.45) is 6.49. The lowest BCUT2D eigenvalue weighted by Crippen LogP contribution is -2.41. The summed E-state index contributed by atoms with van der Waals surface area (Å²) in [5, 5.41) is 20.0. The lowest BCUT2D eigenvalue weighted by molar-refractivity contribution is 0.0449. The lowest BCUT2D eigenvalue weighted by atomic mass is 9.64. The van der Waals surface area contributed by atoms with Gasteiger partial charge in [-0.15, -0.1) is 0 Å². The van der Waals surface area contributed by atoms with Gasteiger partial charge < -0.3 is 14.9 Å². The van der Waals surface area contributed by atoms with Crippen molar-refractivity contribution in [1.82, 2.24) is 0 Å². The highest BCUT2D eigenvalue weighted by Crippen LogP contribution is 2.47. The first-order valence-corrected chi connectivity index (χ1v) is 8.15. The molecule has 1 aliphatic carbocycles. The van der Waals surface area contributed by atoms with Gasteiger partial charge in [-0.2, -0.15) is 0 Å². The van der Waals surface area contributed by atoms with E-state index in [0.717, 1.165) is 44.1 Å². The van der Waals surface area contributed by atoms with Gasteiger partial charge in [0.05, 0.1) is 18.8 Å². The molecule has 2 rings (SSSR count). The fourth-order valence-corrected chi connectivity index (χ4v) is 3.75. The van der Waals surface area contributed by atoms with E-state index in [2.05, 4.69) is 6.92 Å². The van der Waals surface area contributed by atoms with Gasteiger partial charge in [0.2, 0.25) is 0 Å². The van der Waals surface area contributed by atoms with E-state index >= 15 is 0 Å². The summed E-state index contributed by atoms with van der Waals surface area (Å²) in [5.41, 5.74) is 0.869. The second-order valence-electron chi connectivity index (χ2n) is 6.24. The Morgan fingerprint density at radius 2 is 2.00 bits per heavy atom. The Hall–Kier alpha value is -1.55. The lowest BCUT2D eigenvalue weighted by Gasteiger charge is -2.42. The van der Waals surface area contributed by atoms with Crippen molar-refractivity contribution in [3.05, 3.63) is 29.3 Å². The van der Waals surface area contributed by atoms with Gasteiger partial charge in [-0.25, -0.2) is 4.79 Å². The molecule has 0 aromatic heterocycles. The zero-order valence-electron chi connectivity index (χ0n) is 13.5. The van der Waals surface area contributed by atoms with Crippen LogP contribution in [0.5, 0.6) is 5.75 Å². The molecule has 1 saturated carbocycles. The number of aromatic carboxylic acids is 1. The van der Waals surface area contributed by atoms with Gasteiger partial charge >= 0.3 is 5.97 Å². The fourth-order valence-electron chi connectivity index (χ4n) is 3.75. The average Bonchev–Trinajstić information content (AvgIpc) is 2.55. The highest BCUT2D eigenvalue weighted by molar-refractivity contribution is 5.88. The molecule has 4 nitrogen and oxygen atoms in total. The summed E-state index contributed by atoms with van der Waals surface area (Å²) in [6.45, 7) is 2.07. The average molecular weight is 306 g/mol. The number of methoxy groups -OCH3 is 1. The normalized spacial score (nSPS) is 18.7. The van der Waals surface area contributed by atoms with Gasteiger partial charge in [-0.1, -0.05) is 38.7 Å². The van der Waals surface area contributed by atoms with Crippen LogP contribution in [0.1, 0.15) is 67.8 Å². The Balaban J connectivity index is 2.49. The Bertz CT molecular complexity index is 518. The molecule has 1 aromatic rings. The smallest absolute Gasteiger partial charge is 0.335 e. The predicted molar refractivity (Wildman–Crippen MR) is 85.6 cm³/mol. The standard InChI is InChI=1S/C18H26O4/c1-3-7-16(19)18(10-5-4-6-11-18)14-9-8-13(17(20)21)12-15(14)22-2/h8-9,12,16,19H,3-7,10-11H2,1-2H3,(H,20,21). The second kappa shape index (κ2) is 7.14. The molecule has 0 radical (unpaired) electrons. The molecule has 1 atom stereocenters. The van der Waals surface area contributed by atoms with Crippen molar-refractivity contribution < 1.29 is 19.7 Å². The van der Waals surface area contributed by atoms with Gasteiger partial charge in [-0.05, 0) is 31.4 Å². The Morgan fingerprint density at radius 3 is 2.55 bits per heavy atom. The number of benzene rings is 1. The van der Waals surface area contributed by atoms with Crippen LogP contribution < -0.4 is 4.74 Å². The topological polar surface area (TPSA) is 66.8 Å². The molecular weight excluding hydrogens is 280 g/mol. The van der Waals surface area contributed by atoms with E-state index in [1.165, 1.54) is 6.42 Å². The summed E-state index contributed by atoms with van der Waals surface area (Å²) in [6, 6.07) is 5.04. The first-order valence-electron chi connectivity index (χ1n) is 8.15. The third kappa shape index (κ3) is 3.12. The van der Waals surface area contributed by atoms with Gasteiger partial charge in [0, 0.05) is 11.0 Å². The predicted octanol–water partition coefficient (Wildman–Crippen LogP) is 3.76. The first-order chi connectivity index (χ1) is 10.5. The van der Waals surface area contributed by atoms with Crippen molar-refractivity contribution >= 4 is 5.97 Å². The van der Waals surface area contributed by atoms with Crippen molar-refractivity contribution in [1.29, 1.82) is 0 Å². The summed E-state index contributed by atoms with van der Waals surface area (Å²) in [7, 11) is 1.56. The maximum Gasteiger partial charge on any atom is 0.335 e. The maximum atomic E-state index is 11.2. The minimum Gasteiger partial charge on any atom is -0.496 e. The third-order valence-corrected chi connectivity index (χ3v) is 4.93. The van der Waals surface area contributed by atoms with E-state index in [4.69, 9.17) is 9.84 Å². The van der Waals surface area contributed by atoms with E-state index in [0.29, 0.717) is 5.75 Å². The van der Waals surface area contributed by atoms with Crippen molar-refractivity contribution in [3.8, 4) is 5.75 Å². The van der Waals surface area contributed by atoms with E-state index in [9.17, 15) is 9.90 Å². The molecule has 0 spiro atoms. The Labute approximate surface area is 132 Å². The molecular formula is C18H26O4. The summed E-state index contributed by atoms with van der Waals surface area (Å²) in [4.78, 5) is 11.2. The number of hydrogen-bond acceptors (Lipinski definition) is 3. The molecule has 4 heteroatoms. The molecule has 0 bridgehead atoms. The first kappa shape index (κ1) is 16.8. The molecule has 122 valence electrons. The number of hydrogen-bond donors (Lipinski definition) is 2. The van der Waals surface area contributed by atoms with Crippen LogP contribution in [0, 0.1) is 0 Å². The summed E-state index contributed by atoms with van der Waals surface area (Å²) < 4.78 is 5.47. The van der Waals surface area contributed by atoms with Gasteiger partial charge in [-0.3, -0.25) is 0 Å². The molecule has 2 N–H and O–H groups in total. The van der Waals surface area contributed by atoms with Gasteiger partial charge in [0.15, 0.2) is 0 Å². The highest BCUT2D eigenvalue weighted by atomic mass is 16.5. The van der Waals surface area contributed by atoms with Crippen molar-refractivity contribution in [2.75, 3.05) is 7.11 Å². The zero-order chi connectivity index (χ0) is 16.2. The number of carboxylic acids is 1. The van der Waals surface area contributed by atoms with Crippen LogP contribution in [0.4, 0.5) is 0 Å². The zero-order valence-corrected chi connectivity index (χ0v) is 13.5. The molecule has 0 heterocycles. The number of aliphatic hydroxyl groups excluding tert-OH is 1. The maximum absolute atomic E-state index is 11.2. The molecule has 0 aliphatic heterocycles. The van der Waals surface area contributed by atoms with Crippen LogP contribution in [0.2, 0.25) is 0 Å². The molecule has 1 unspecified atom stereocenters. The molecule has 1 aromatic carbocycles. The minimum absolute atomic E-state index is 0.219. The number of carboxylic acid groups (broad SMARTS) is 1. The van der Waals surface area contributed by atoms with Crippen LogP contribution in [0.15, 0.2) is 18.2 Å². The summed E-state index contributed by atoms with van der Waals surface area (Å²) >= 11 is 0.